The van der Waals surface area contributed by atoms with Gasteiger partial charge in [-0.15, -0.1) is 0 Å². The zero-order chi connectivity index (χ0) is 23.9. The summed E-state index contributed by atoms with van der Waals surface area (Å²) in [5, 5.41) is 11.4. The second-order valence-electron chi connectivity index (χ2n) is 9.60. The molecule has 0 fully saturated rings. The van der Waals surface area contributed by atoms with E-state index < -0.39 is 11.0 Å². The molecule has 3 heteroatoms. The van der Waals surface area contributed by atoms with Crippen LogP contribution in [0.2, 0.25) is 0 Å². The molecule has 1 unspecified atom stereocenters. The van der Waals surface area contributed by atoms with Crippen LogP contribution in [0.25, 0.3) is 10.8 Å². The molecule has 0 amide bonds. The van der Waals surface area contributed by atoms with Crippen molar-refractivity contribution >= 4 is 16.7 Å². The van der Waals surface area contributed by atoms with Crippen molar-refractivity contribution in [1.29, 1.82) is 0 Å². The number of ether oxygens (including phenoxy) is 1. The number of benzene rings is 3. The minimum absolute atomic E-state index is 0.150. The lowest BCUT2D eigenvalue weighted by Crippen LogP contribution is -2.33. The molecule has 0 spiro atoms. The van der Waals surface area contributed by atoms with Crippen LogP contribution >= 0.6 is 0 Å². The molecule has 3 rings (SSSR count). The van der Waals surface area contributed by atoms with Gasteiger partial charge in [0.25, 0.3) is 0 Å². The Labute approximate surface area is 193 Å². The Balaban J connectivity index is 0.000000278. The van der Waals surface area contributed by atoms with E-state index >= 15 is 0 Å². The number of carbonyl (C=O) groups is 1. The second kappa shape index (κ2) is 10.7. The molecule has 3 aromatic rings. The van der Waals surface area contributed by atoms with E-state index in [1.807, 2.05) is 65.0 Å². The van der Waals surface area contributed by atoms with Crippen molar-refractivity contribution in [3.05, 3.63) is 77.9 Å². The van der Waals surface area contributed by atoms with Crippen LogP contribution in [0.15, 0.2) is 66.7 Å². The number of aromatic hydroxyl groups is 1. The average Bonchev–Trinajstić information content (AvgIpc) is 2.78. The number of fused-ring (bicyclic) bond motifs is 1. The van der Waals surface area contributed by atoms with E-state index in [0.717, 1.165) is 23.8 Å². The van der Waals surface area contributed by atoms with E-state index in [9.17, 15) is 4.79 Å². The third-order valence-corrected chi connectivity index (χ3v) is 6.30. The summed E-state index contributed by atoms with van der Waals surface area (Å²) < 4.78 is 5.79. The Hall–Kier alpha value is -2.81. The standard InChI is InChI=1S/C19H24O2.C10H14O/c1-6-18(2,3)17(20)21-19(4,5)16-12-11-14-9-7-8-10-15(14)13-16;1-3-8(2)9-4-6-10(11)7-5-9/h7-13H,6H2,1-5H3;4-8,11H,3H2,1-2H3. The molecule has 0 aliphatic heterocycles. The number of phenols is 1. The number of esters is 1. The minimum atomic E-state index is -0.631. The van der Waals surface area contributed by atoms with Crippen LogP contribution < -0.4 is 0 Å². The first-order valence-corrected chi connectivity index (χ1v) is 11.5. The molecule has 3 aromatic carbocycles. The SMILES string of the molecule is CCC(C)(C)C(=O)OC(C)(C)c1ccc2ccccc2c1.CCC(C)c1ccc(O)cc1. The molecule has 0 radical (unpaired) electrons. The monoisotopic (exact) mass is 434 g/mol. The van der Waals surface area contributed by atoms with E-state index in [1.165, 1.54) is 10.9 Å². The lowest BCUT2D eigenvalue weighted by molar-refractivity contribution is -0.168. The van der Waals surface area contributed by atoms with Gasteiger partial charge in [0, 0.05) is 0 Å². The van der Waals surface area contributed by atoms with Gasteiger partial charge in [-0.05, 0) is 86.6 Å². The molecule has 172 valence electrons. The van der Waals surface area contributed by atoms with Crippen molar-refractivity contribution in [3.63, 3.8) is 0 Å². The third kappa shape index (κ3) is 6.59. The number of rotatable bonds is 6. The van der Waals surface area contributed by atoms with Crippen LogP contribution in [0.1, 0.15) is 78.4 Å². The van der Waals surface area contributed by atoms with Crippen LogP contribution in [0.4, 0.5) is 0 Å². The highest BCUT2D eigenvalue weighted by atomic mass is 16.6. The summed E-state index contributed by atoms with van der Waals surface area (Å²) in [6.45, 7) is 14.1. The quantitative estimate of drug-likeness (QED) is 0.400. The Morgan fingerprint density at radius 2 is 1.50 bits per heavy atom. The largest absolute Gasteiger partial charge is 0.508 e. The molecule has 0 saturated carbocycles. The van der Waals surface area contributed by atoms with Gasteiger partial charge in [-0.3, -0.25) is 4.79 Å². The van der Waals surface area contributed by atoms with Gasteiger partial charge in [-0.2, -0.15) is 0 Å². The predicted octanol–water partition coefficient (Wildman–Crippen LogP) is 7.96. The van der Waals surface area contributed by atoms with E-state index in [2.05, 4.69) is 38.1 Å². The van der Waals surface area contributed by atoms with Gasteiger partial charge in [0.2, 0.25) is 0 Å². The molecule has 1 N–H and O–H groups in total. The van der Waals surface area contributed by atoms with Gasteiger partial charge in [-0.1, -0.05) is 69.3 Å². The molecule has 0 aliphatic rings. The fourth-order valence-corrected chi connectivity index (χ4v) is 3.18. The molecular weight excluding hydrogens is 396 g/mol. The maximum atomic E-state index is 12.3. The van der Waals surface area contributed by atoms with Crippen LogP contribution in [0.3, 0.4) is 0 Å². The summed E-state index contributed by atoms with van der Waals surface area (Å²) >= 11 is 0. The van der Waals surface area contributed by atoms with Crippen molar-refractivity contribution in [1.82, 2.24) is 0 Å². The maximum absolute atomic E-state index is 12.3. The van der Waals surface area contributed by atoms with E-state index in [-0.39, 0.29) is 5.97 Å². The third-order valence-electron chi connectivity index (χ3n) is 6.30. The fraction of sp³-hybridized carbons (Fsp3) is 0.414. The summed E-state index contributed by atoms with van der Waals surface area (Å²) in [5.74, 6) is 0.788. The summed E-state index contributed by atoms with van der Waals surface area (Å²) in [6, 6.07) is 21.8. The Kier molecular flexibility index (Phi) is 8.49. The zero-order valence-corrected chi connectivity index (χ0v) is 20.6. The summed E-state index contributed by atoms with van der Waals surface area (Å²) in [5.41, 5.74) is 1.23. The summed E-state index contributed by atoms with van der Waals surface area (Å²) in [6.07, 6.45) is 1.91. The summed E-state index contributed by atoms with van der Waals surface area (Å²) in [7, 11) is 0. The normalized spacial score (nSPS) is 12.6. The Morgan fingerprint density at radius 3 is 2.06 bits per heavy atom. The van der Waals surface area contributed by atoms with Crippen LogP contribution in [-0.2, 0) is 15.1 Å². The number of phenolic OH excluding ortho intramolecular Hbond substituents is 1. The van der Waals surface area contributed by atoms with Gasteiger partial charge in [0.15, 0.2) is 0 Å². The second-order valence-corrected chi connectivity index (χ2v) is 9.60. The van der Waals surface area contributed by atoms with E-state index in [0.29, 0.717) is 11.7 Å². The predicted molar refractivity (Wildman–Crippen MR) is 134 cm³/mol. The molecule has 0 aromatic heterocycles. The highest BCUT2D eigenvalue weighted by Crippen LogP contribution is 2.32. The molecule has 1 atom stereocenters. The topological polar surface area (TPSA) is 46.5 Å². The van der Waals surface area contributed by atoms with Gasteiger partial charge in [-0.25, -0.2) is 0 Å². The molecule has 0 heterocycles. The van der Waals surface area contributed by atoms with Crippen molar-refractivity contribution in [2.75, 3.05) is 0 Å². The zero-order valence-electron chi connectivity index (χ0n) is 20.6. The van der Waals surface area contributed by atoms with Crippen LogP contribution in [0, 0.1) is 5.41 Å². The van der Waals surface area contributed by atoms with E-state index in [4.69, 9.17) is 9.84 Å². The van der Waals surface area contributed by atoms with Gasteiger partial charge in [0.1, 0.15) is 11.4 Å². The van der Waals surface area contributed by atoms with Gasteiger partial charge >= 0.3 is 5.97 Å². The first kappa shape index (κ1) is 25.5. The Morgan fingerprint density at radius 1 is 0.906 bits per heavy atom. The van der Waals surface area contributed by atoms with Crippen molar-refractivity contribution in [2.24, 2.45) is 5.41 Å². The van der Waals surface area contributed by atoms with Gasteiger partial charge < -0.3 is 9.84 Å². The summed E-state index contributed by atoms with van der Waals surface area (Å²) in [4.78, 5) is 12.3. The smallest absolute Gasteiger partial charge is 0.312 e. The van der Waals surface area contributed by atoms with Crippen molar-refractivity contribution < 1.29 is 14.6 Å². The lowest BCUT2D eigenvalue weighted by Gasteiger charge is -2.31. The molecule has 0 bridgehead atoms. The fourth-order valence-electron chi connectivity index (χ4n) is 3.18. The first-order valence-electron chi connectivity index (χ1n) is 11.5. The molecule has 32 heavy (non-hydrogen) atoms. The molecule has 0 aliphatic carbocycles. The lowest BCUT2D eigenvalue weighted by atomic mass is 9.89. The van der Waals surface area contributed by atoms with Gasteiger partial charge in [0.05, 0.1) is 5.41 Å². The number of hydrogen-bond donors (Lipinski definition) is 1. The van der Waals surface area contributed by atoms with Crippen LogP contribution in [0.5, 0.6) is 5.75 Å². The first-order chi connectivity index (χ1) is 15.0. The highest BCUT2D eigenvalue weighted by Gasteiger charge is 2.33. The molecule has 3 nitrogen and oxygen atoms in total. The molecule has 0 saturated heterocycles. The van der Waals surface area contributed by atoms with Crippen molar-refractivity contribution in [3.8, 4) is 5.75 Å². The number of carbonyl (C=O) groups excluding carboxylic acids is 1. The van der Waals surface area contributed by atoms with Crippen LogP contribution in [-0.4, -0.2) is 11.1 Å². The van der Waals surface area contributed by atoms with E-state index in [1.54, 1.807) is 12.1 Å². The van der Waals surface area contributed by atoms with Crippen molar-refractivity contribution in [2.45, 2.75) is 72.8 Å². The Bertz CT molecular complexity index is 1020. The average molecular weight is 435 g/mol. The maximum Gasteiger partial charge on any atom is 0.312 e. The highest BCUT2D eigenvalue weighted by molar-refractivity contribution is 5.83. The number of hydrogen-bond acceptors (Lipinski definition) is 3. The minimum Gasteiger partial charge on any atom is -0.508 e. The molecular formula is C29H38O3.